The van der Waals surface area contributed by atoms with Gasteiger partial charge in [0.2, 0.25) is 0 Å². The summed E-state index contributed by atoms with van der Waals surface area (Å²) >= 11 is 6.95. The molecule has 1 amide bonds. The molecule has 1 spiro atoms. The lowest BCUT2D eigenvalue weighted by atomic mass is 10.0. The quantitative estimate of drug-likeness (QED) is 0.271. The Kier molecular flexibility index (Phi) is 7.54. The SMILES string of the molecule is Cc1cccc(-c2nc3c(cc2Cl)c(N2CCN(C(=O)OC(C)(C)C)CC24CC4)nc(=O)n3-c2c(C)ccnc2C(C)C)c1O. The summed E-state index contributed by atoms with van der Waals surface area (Å²) in [7, 11) is 0. The van der Waals surface area contributed by atoms with Crippen molar-refractivity contribution in [3.05, 3.63) is 68.9 Å². The molecule has 1 saturated carbocycles. The van der Waals surface area contributed by atoms with Crippen LogP contribution in [0.1, 0.15) is 70.2 Å². The van der Waals surface area contributed by atoms with E-state index < -0.39 is 11.3 Å². The second-order valence-electron chi connectivity index (χ2n) is 13.5. The van der Waals surface area contributed by atoms with E-state index in [0.29, 0.717) is 64.0 Å². The number of carbonyl (C=O) groups is 1. The van der Waals surface area contributed by atoms with Gasteiger partial charge in [-0.3, -0.25) is 4.98 Å². The molecule has 1 saturated heterocycles. The van der Waals surface area contributed by atoms with Crippen molar-refractivity contribution >= 4 is 34.5 Å². The summed E-state index contributed by atoms with van der Waals surface area (Å²) in [6.07, 6.45) is 3.08. The number of phenols is 1. The number of pyridine rings is 2. The minimum Gasteiger partial charge on any atom is -0.507 e. The van der Waals surface area contributed by atoms with Crippen LogP contribution in [0.3, 0.4) is 0 Å². The second kappa shape index (κ2) is 11.0. The average molecular weight is 631 g/mol. The van der Waals surface area contributed by atoms with Crippen molar-refractivity contribution in [2.75, 3.05) is 24.5 Å². The lowest BCUT2D eigenvalue weighted by Gasteiger charge is -2.43. The molecule has 2 fully saturated rings. The van der Waals surface area contributed by atoms with Crippen molar-refractivity contribution in [1.29, 1.82) is 0 Å². The van der Waals surface area contributed by atoms with Crippen LogP contribution in [0.25, 0.3) is 28.0 Å². The Balaban J connectivity index is 1.57. The van der Waals surface area contributed by atoms with E-state index >= 15 is 0 Å². The van der Waals surface area contributed by atoms with Crippen LogP contribution >= 0.6 is 11.6 Å². The number of nitrogens with zero attached hydrogens (tertiary/aromatic N) is 6. The van der Waals surface area contributed by atoms with Crippen LogP contribution < -0.4 is 10.6 Å². The zero-order valence-corrected chi connectivity index (χ0v) is 27.6. The van der Waals surface area contributed by atoms with E-state index in [2.05, 4.69) is 9.88 Å². The molecular weight excluding hydrogens is 592 g/mol. The van der Waals surface area contributed by atoms with E-state index in [4.69, 9.17) is 26.3 Å². The minimum absolute atomic E-state index is 0.0183. The summed E-state index contributed by atoms with van der Waals surface area (Å²) in [6.45, 7) is 14.7. The number of para-hydroxylation sites is 1. The molecule has 3 aromatic heterocycles. The molecule has 4 aromatic rings. The normalized spacial score (nSPS) is 16.1. The Hall–Kier alpha value is -4.18. The van der Waals surface area contributed by atoms with E-state index in [1.54, 1.807) is 23.2 Å². The molecule has 45 heavy (non-hydrogen) atoms. The molecule has 0 radical (unpaired) electrons. The summed E-state index contributed by atoms with van der Waals surface area (Å²) in [4.78, 5) is 45.5. The van der Waals surface area contributed by atoms with E-state index in [-0.39, 0.29) is 23.3 Å². The summed E-state index contributed by atoms with van der Waals surface area (Å²) in [6, 6.07) is 9.06. The van der Waals surface area contributed by atoms with Gasteiger partial charge in [0.15, 0.2) is 5.65 Å². The number of aryl methyl sites for hydroxylation is 2. The number of rotatable bonds is 4. The molecule has 2 aliphatic rings. The van der Waals surface area contributed by atoms with Crippen molar-refractivity contribution in [2.24, 2.45) is 0 Å². The van der Waals surface area contributed by atoms with Gasteiger partial charge in [0, 0.05) is 31.4 Å². The highest BCUT2D eigenvalue weighted by molar-refractivity contribution is 6.34. The van der Waals surface area contributed by atoms with Crippen molar-refractivity contribution in [2.45, 2.75) is 78.4 Å². The van der Waals surface area contributed by atoms with Gasteiger partial charge in [0.05, 0.1) is 33.0 Å². The number of benzene rings is 1. The third kappa shape index (κ3) is 5.49. The molecule has 4 heterocycles. The van der Waals surface area contributed by atoms with Gasteiger partial charge < -0.3 is 19.6 Å². The summed E-state index contributed by atoms with van der Waals surface area (Å²) in [5, 5.41) is 11.9. The van der Waals surface area contributed by atoms with E-state index in [9.17, 15) is 14.7 Å². The lowest BCUT2D eigenvalue weighted by molar-refractivity contribution is 0.0205. The first-order valence-electron chi connectivity index (χ1n) is 15.3. The number of fused-ring (bicyclic) bond motifs is 1. The zero-order valence-electron chi connectivity index (χ0n) is 26.8. The molecule has 11 heteroatoms. The number of carbonyl (C=O) groups excluding carboxylic acids is 1. The number of ether oxygens (including phenoxy) is 1. The Morgan fingerprint density at radius 1 is 1.09 bits per heavy atom. The number of anilines is 1. The first-order chi connectivity index (χ1) is 21.2. The van der Waals surface area contributed by atoms with Crippen molar-refractivity contribution in [3.63, 3.8) is 0 Å². The Labute approximate surface area is 267 Å². The van der Waals surface area contributed by atoms with Gasteiger partial charge in [-0.25, -0.2) is 19.1 Å². The standard InChI is InChI=1S/C34H39ClN6O4/c1-19(2)25-27(20(3)11-14-36-25)41-30-23(17-24(35)26(37-30)22-10-8-9-21(4)28(22)42)29(38-31(41)43)40-16-15-39(18-34(40)12-13-34)32(44)45-33(5,6)7/h8-11,14,17,19,42H,12-13,15-16,18H2,1-7H3. The fourth-order valence-electron chi connectivity index (χ4n) is 6.20. The van der Waals surface area contributed by atoms with Crippen LogP contribution in [0.15, 0.2) is 41.3 Å². The lowest BCUT2D eigenvalue weighted by Crippen LogP contribution is -2.58. The molecule has 1 aliphatic carbocycles. The third-order valence-electron chi connectivity index (χ3n) is 8.60. The number of piperazine rings is 1. The smallest absolute Gasteiger partial charge is 0.410 e. The van der Waals surface area contributed by atoms with Gasteiger partial charge in [-0.15, -0.1) is 0 Å². The van der Waals surface area contributed by atoms with Gasteiger partial charge in [-0.05, 0) is 82.7 Å². The maximum absolute atomic E-state index is 14.2. The van der Waals surface area contributed by atoms with Crippen LogP contribution in [-0.2, 0) is 4.74 Å². The third-order valence-corrected chi connectivity index (χ3v) is 8.89. The van der Waals surface area contributed by atoms with Crippen molar-refractivity contribution in [3.8, 4) is 22.7 Å². The van der Waals surface area contributed by atoms with Crippen LogP contribution in [0.5, 0.6) is 5.75 Å². The number of hydrogen-bond donors (Lipinski definition) is 1. The maximum atomic E-state index is 14.2. The monoisotopic (exact) mass is 630 g/mol. The van der Waals surface area contributed by atoms with Crippen molar-refractivity contribution in [1.82, 2.24) is 24.4 Å². The largest absolute Gasteiger partial charge is 0.507 e. The molecule has 1 aliphatic heterocycles. The highest BCUT2D eigenvalue weighted by Gasteiger charge is 2.53. The summed E-state index contributed by atoms with van der Waals surface area (Å²) in [5.41, 5.74) is 2.65. The van der Waals surface area contributed by atoms with Gasteiger partial charge in [-0.2, -0.15) is 4.98 Å². The molecule has 236 valence electrons. The molecule has 6 rings (SSSR count). The van der Waals surface area contributed by atoms with Crippen LogP contribution in [0, 0.1) is 13.8 Å². The predicted octanol–water partition coefficient (Wildman–Crippen LogP) is 6.53. The Bertz CT molecular complexity index is 1890. The van der Waals surface area contributed by atoms with Gasteiger partial charge >= 0.3 is 11.8 Å². The first kappa shape index (κ1) is 30.8. The number of amides is 1. The van der Waals surface area contributed by atoms with Gasteiger partial charge in [0.25, 0.3) is 0 Å². The van der Waals surface area contributed by atoms with Crippen LogP contribution in [0.4, 0.5) is 10.6 Å². The number of aromatic hydroxyl groups is 1. The average Bonchev–Trinajstić information content (AvgIpc) is 3.72. The van der Waals surface area contributed by atoms with E-state index in [0.717, 1.165) is 24.1 Å². The molecule has 0 bridgehead atoms. The summed E-state index contributed by atoms with van der Waals surface area (Å²) < 4.78 is 7.20. The molecular formula is C34H39ClN6O4. The Morgan fingerprint density at radius 3 is 2.49 bits per heavy atom. The first-order valence-corrected chi connectivity index (χ1v) is 15.7. The summed E-state index contributed by atoms with van der Waals surface area (Å²) in [5.74, 6) is 0.574. The molecule has 0 unspecified atom stereocenters. The number of phenolic OH excluding ortho intramolecular Hbond substituents is 1. The van der Waals surface area contributed by atoms with Gasteiger partial charge in [-0.1, -0.05) is 37.6 Å². The molecule has 1 N–H and O–H groups in total. The topological polar surface area (TPSA) is 114 Å². The fourth-order valence-corrected chi connectivity index (χ4v) is 6.45. The minimum atomic E-state index is -0.599. The second-order valence-corrected chi connectivity index (χ2v) is 13.9. The highest BCUT2D eigenvalue weighted by atomic mass is 35.5. The van der Waals surface area contributed by atoms with E-state index in [1.807, 2.05) is 66.7 Å². The highest BCUT2D eigenvalue weighted by Crippen LogP contribution is 2.48. The fraction of sp³-hybridized carbons (Fsp3) is 0.441. The molecule has 10 nitrogen and oxygen atoms in total. The molecule has 1 aromatic carbocycles. The van der Waals surface area contributed by atoms with E-state index in [1.165, 1.54) is 4.57 Å². The van der Waals surface area contributed by atoms with Gasteiger partial charge in [0.1, 0.15) is 17.2 Å². The maximum Gasteiger partial charge on any atom is 0.410 e. The number of halogens is 1. The Morgan fingerprint density at radius 2 is 1.82 bits per heavy atom. The number of aromatic nitrogens is 4. The molecule has 0 atom stereocenters. The van der Waals surface area contributed by atoms with Crippen LogP contribution in [0.2, 0.25) is 5.02 Å². The van der Waals surface area contributed by atoms with Crippen LogP contribution in [-0.4, -0.2) is 66.4 Å². The zero-order chi connectivity index (χ0) is 32.4. The number of hydrogen-bond acceptors (Lipinski definition) is 8. The predicted molar refractivity (Wildman–Crippen MR) is 176 cm³/mol. The van der Waals surface area contributed by atoms with Crippen molar-refractivity contribution < 1.29 is 14.6 Å².